The maximum Gasteiger partial charge on any atom is 0.264 e. The molecule has 0 saturated carbocycles. The van der Waals surface area contributed by atoms with Crippen LogP contribution < -0.4 is 5.73 Å². The largest absolute Gasteiger partial charge is 0.431 e. The molecule has 0 fully saturated rings. The summed E-state index contributed by atoms with van der Waals surface area (Å²) in [6.45, 7) is 0. The minimum atomic E-state index is 0.534. The molecule has 0 bridgehead atoms. The molecule has 0 radical (unpaired) electrons. The van der Waals surface area contributed by atoms with E-state index >= 15 is 0 Å². The molecule has 0 unspecified atom stereocenters. The monoisotopic (exact) mass is 296 g/mol. The normalized spacial score (nSPS) is 11.2. The first-order valence-corrected chi connectivity index (χ1v) is 7.82. The van der Waals surface area contributed by atoms with Gasteiger partial charge in [0.2, 0.25) is 0 Å². The summed E-state index contributed by atoms with van der Waals surface area (Å²) in [5.74, 6) is 0. The van der Waals surface area contributed by atoms with E-state index in [2.05, 4.69) is 15.2 Å². The second kappa shape index (κ2) is 4.79. The second-order valence-electron chi connectivity index (χ2n) is 3.31. The van der Waals surface area contributed by atoms with Crippen molar-refractivity contribution in [3.05, 3.63) is 18.2 Å². The number of fused-ring (bicyclic) bond motifs is 1. The fourth-order valence-corrected chi connectivity index (χ4v) is 3.67. The summed E-state index contributed by atoms with van der Waals surface area (Å²) in [6, 6.07) is 5.49. The van der Waals surface area contributed by atoms with E-state index in [0.29, 0.717) is 22.0 Å². The molecule has 0 aliphatic carbocycles. The zero-order valence-electron chi connectivity index (χ0n) is 9.28. The van der Waals surface area contributed by atoms with E-state index in [9.17, 15) is 0 Å². The second-order valence-corrected chi connectivity index (χ2v) is 6.54. The molecule has 2 heterocycles. The standard InChI is InChI=1S/C10H8N4OS3/c1-16-9-13-14-10(18-9)17-8-12-7-5(11)3-2-4-6(7)15-8/h2-4H,11H2,1H3. The van der Waals surface area contributed by atoms with Crippen molar-refractivity contribution in [2.24, 2.45) is 0 Å². The van der Waals surface area contributed by atoms with E-state index in [1.165, 1.54) is 23.1 Å². The molecular weight excluding hydrogens is 288 g/mol. The van der Waals surface area contributed by atoms with Crippen LogP contribution in [-0.4, -0.2) is 21.4 Å². The molecule has 1 aromatic carbocycles. The fourth-order valence-electron chi connectivity index (χ4n) is 1.39. The number of aromatic nitrogens is 3. The molecule has 2 aromatic heterocycles. The van der Waals surface area contributed by atoms with Crippen LogP contribution >= 0.6 is 34.9 Å². The molecule has 5 nitrogen and oxygen atoms in total. The number of nitrogen functional groups attached to an aromatic ring is 1. The third-order valence-corrected chi connectivity index (χ3v) is 4.97. The number of thioether (sulfide) groups is 1. The van der Waals surface area contributed by atoms with Gasteiger partial charge in [0.1, 0.15) is 5.52 Å². The van der Waals surface area contributed by atoms with Gasteiger partial charge in [-0.15, -0.1) is 10.2 Å². The van der Waals surface area contributed by atoms with Gasteiger partial charge in [-0.05, 0) is 18.4 Å². The highest BCUT2D eigenvalue weighted by atomic mass is 32.2. The first kappa shape index (κ1) is 11.8. The van der Waals surface area contributed by atoms with Crippen LogP contribution in [0.3, 0.4) is 0 Å². The van der Waals surface area contributed by atoms with Gasteiger partial charge in [0, 0.05) is 11.8 Å². The predicted octanol–water partition coefficient (Wildman–Crippen LogP) is 3.13. The van der Waals surface area contributed by atoms with E-state index in [4.69, 9.17) is 10.2 Å². The van der Waals surface area contributed by atoms with E-state index < -0.39 is 0 Å². The Labute approximate surface area is 115 Å². The van der Waals surface area contributed by atoms with Crippen LogP contribution in [0.4, 0.5) is 5.69 Å². The first-order valence-electron chi connectivity index (χ1n) is 4.96. The lowest BCUT2D eigenvalue weighted by atomic mass is 10.3. The minimum absolute atomic E-state index is 0.534. The highest BCUT2D eigenvalue weighted by Crippen LogP contribution is 2.34. The zero-order chi connectivity index (χ0) is 12.5. The van der Waals surface area contributed by atoms with Gasteiger partial charge in [0.15, 0.2) is 14.3 Å². The zero-order valence-corrected chi connectivity index (χ0v) is 11.7. The average Bonchev–Trinajstić information content (AvgIpc) is 2.96. The molecule has 0 aliphatic heterocycles. The van der Waals surface area contributed by atoms with Crippen molar-refractivity contribution >= 4 is 51.6 Å². The summed E-state index contributed by atoms with van der Waals surface area (Å²) in [5, 5.41) is 8.61. The Morgan fingerprint density at radius 2 is 2.11 bits per heavy atom. The van der Waals surface area contributed by atoms with Crippen molar-refractivity contribution in [2.75, 3.05) is 12.0 Å². The topological polar surface area (TPSA) is 77.8 Å². The molecule has 3 rings (SSSR count). The van der Waals surface area contributed by atoms with E-state index in [1.54, 1.807) is 17.8 Å². The molecular formula is C10H8N4OS3. The van der Waals surface area contributed by atoms with Gasteiger partial charge in [0.25, 0.3) is 5.22 Å². The van der Waals surface area contributed by atoms with Crippen LogP contribution in [0.25, 0.3) is 11.1 Å². The number of rotatable bonds is 3. The Morgan fingerprint density at radius 3 is 2.83 bits per heavy atom. The number of benzene rings is 1. The van der Waals surface area contributed by atoms with E-state index in [0.717, 1.165) is 8.68 Å². The maximum absolute atomic E-state index is 5.83. The summed E-state index contributed by atoms with van der Waals surface area (Å²) in [6.07, 6.45) is 1.97. The van der Waals surface area contributed by atoms with Gasteiger partial charge in [-0.3, -0.25) is 0 Å². The lowest BCUT2D eigenvalue weighted by Crippen LogP contribution is -1.84. The molecule has 18 heavy (non-hydrogen) atoms. The van der Waals surface area contributed by atoms with Crippen molar-refractivity contribution in [3.63, 3.8) is 0 Å². The Kier molecular flexibility index (Phi) is 3.14. The summed E-state index contributed by atoms with van der Waals surface area (Å²) in [4.78, 5) is 4.35. The van der Waals surface area contributed by atoms with Crippen molar-refractivity contribution in [2.45, 2.75) is 13.9 Å². The molecule has 0 spiro atoms. The Morgan fingerprint density at radius 1 is 1.28 bits per heavy atom. The third-order valence-electron chi connectivity index (χ3n) is 2.17. The number of oxazole rings is 1. The van der Waals surface area contributed by atoms with E-state index in [-0.39, 0.29) is 0 Å². The number of nitrogens with two attached hydrogens (primary N) is 1. The minimum Gasteiger partial charge on any atom is -0.431 e. The fraction of sp³-hybridized carbons (Fsp3) is 0.100. The van der Waals surface area contributed by atoms with Crippen molar-refractivity contribution in [1.29, 1.82) is 0 Å². The summed E-state index contributed by atoms with van der Waals surface area (Å²) in [5.41, 5.74) is 7.82. The van der Waals surface area contributed by atoms with Crippen LogP contribution in [0.5, 0.6) is 0 Å². The van der Waals surface area contributed by atoms with Gasteiger partial charge in [0.05, 0.1) is 5.69 Å². The number of para-hydroxylation sites is 1. The molecule has 92 valence electrons. The summed E-state index contributed by atoms with van der Waals surface area (Å²) >= 11 is 4.44. The molecule has 0 saturated heterocycles. The quantitative estimate of drug-likeness (QED) is 0.587. The lowest BCUT2D eigenvalue weighted by Gasteiger charge is -1.89. The molecule has 0 atom stereocenters. The van der Waals surface area contributed by atoms with Crippen LogP contribution in [0.1, 0.15) is 0 Å². The van der Waals surface area contributed by atoms with Crippen LogP contribution in [0.15, 0.2) is 36.5 Å². The van der Waals surface area contributed by atoms with Gasteiger partial charge < -0.3 is 10.2 Å². The van der Waals surface area contributed by atoms with Gasteiger partial charge in [-0.2, -0.15) is 0 Å². The molecule has 0 amide bonds. The molecule has 3 aromatic rings. The maximum atomic E-state index is 5.83. The van der Waals surface area contributed by atoms with Crippen LogP contribution in [0.2, 0.25) is 0 Å². The SMILES string of the molecule is CSc1nnc(Sc2nc3c(N)cccc3o2)s1. The van der Waals surface area contributed by atoms with E-state index in [1.807, 2.05) is 18.4 Å². The number of anilines is 1. The van der Waals surface area contributed by atoms with Crippen molar-refractivity contribution in [3.8, 4) is 0 Å². The summed E-state index contributed by atoms with van der Waals surface area (Å²) in [7, 11) is 0. The van der Waals surface area contributed by atoms with Crippen molar-refractivity contribution in [1.82, 2.24) is 15.2 Å². The van der Waals surface area contributed by atoms with Gasteiger partial charge >= 0.3 is 0 Å². The van der Waals surface area contributed by atoms with Crippen LogP contribution in [-0.2, 0) is 0 Å². The Hall–Kier alpha value is -1.25. The van der Waals surface area contributed by atoms with Crippen molar-refractivity contribution < 1.29 is 4.42 Å². The number of hydrogen-bond acceptors (Lipinski definition) is 8. The summed E-state index contributed by atoms with van der Waals surface area (Å²) < 4.78 is 7.33. The Bertz CT molecular complexity index is 693. The smallest absolute Gasteiger partial charge is 0.264 e. The molecule has 0 aliphatic rings. The average molecular weight is 296 g/mol. The third kappa shape index (κ3) is 2.18. The van der Waals surface area contributed by atoms with Crippen LogP contribution in [0, 0.1) is 0 Å². The Balaban J connectivity index is 1.93. The predicted molar refractivity (Wildman–Crippen MR) is 74.2 cm³/mol. The number of hydrogen-bond donors (Lipinski definition) is 1. The highest BCUT2D eigenvalue weighted by Gasteiger charge is 2.12. The van der Waals surface area contributed by atoms with Gasteiger partial charge in [-0.25, -0.2) is 4.98 Å². The van der Waals surface area contributed by atoms with Gasteiger partial charge in [-0.1, -0.05) is 29.2 Å². The first-order chi connectivity index (χ1) is 8.76. The number of nitrogens with zero attached hydrogens (tertiary/aromatic N) is 3. The molecule has 8 heteroatoms. The lowest BCUT2D eigenvalue weighted by molar-refractivity contribution is 0.489. The molecule has 2 N–H and O–H groups in total. The highest BCUT2D eigenvalue weighted by molar-refractivity contribution is 8.02.